The fraction of sp³-hybridized carbons (Fsp3) is 0.429. The molecule has 0 spiro atoms. The zero-order chi connectivity index (χ0) is 15.9. The van der Waals surface area contributed by atoms with E-state index in [4.69, 9.17) is 0 Å². The summed E-state index contributed by atoms with van der Waals surface area (Å²) in [7, 11) is 1.89. The Morgan fingerprint density at radius 1 is 1.45 bits per heavy atom. The Labute approximate surface area is 129 Å². The average Bonchev–Trinajstić information content (AvgIpc) is 3.16. The van der Waals surface area contributed by atoms with E-state index in [-0.39, 0.29) is 11.7 Å². The third-order valence-corrected chi connectivity index (χ3v) is 4.69. The van der Waals surface area contributed by atoms with E-state index in [2.05, 4.69) is 4.98 Å². The Morgan fingerprint density at radius 2 is 2.23 bits per heavy atom. The highest BCUT2D eigenvalue weighted by Crippen LogP contribution is 2.35. The number of amides is 1. The summed E-state index contributed by atoms with van der Waals surface area (Å²) in [5.41, 5.74) is 0.857. The SMILES string of the molecule is Cn1cccc1C1CCCN1C(=O)c1csc(C(F)(F)F)n1. The summed E-state index contributed by atoms with van der Waals surface area (Å²) in [5, 5.41) is 0.205. The minimum absolute atomic E-state index is 0.108. The van der Waals surface area contributed by atoms with Crippen LogP contribution in [0.1, 0.15) is 40.1 Å². The molecule has 118 valence electrons. The van der Waals surface area contributed by atoms with Gasteiger partial charge in [0.05, 0.1) is 6.04 Å². The van der Waals surface area contributed by atoms with Crippen molar-refractivity contribution in [3.63, 3.8) is 0 Å². The zero-order valence-corrected chi connectivity index (χ0v) is 12.6. The molecular formula is C14H14F3N3OS. The van der Waals surface area contributed by atoms with Crippen molar-refractivity contribution < 1.29 is 18.0 Å². The predicted octanol–water partition coefficient (Wildman–Crippen LogP) is 3.48. The van der Waals surface area contributed by atoms with Gasteiger partial charge in [-0.05, 0) is 25.0 Å². The number of halogens is 3. The van der Waals surface area contributed by atoms with Crippen molar-refractivity contribution in [2.24, 2.45) is 7.05 Å². The van der Waals surface area contributed by atoms with Crippen LogP contribution in [0.25, 0.3) is 0 Å². The maximum Gasteiger partial charge on any atom is 0.443 e. The fourth-order valence-electron chi connectivity index (χ4n) is 2.79. The van der Waals surface area contributed by atoms with Crippen LogP contribution in [0.3, 0.4) is 0 Å². The number of carbonyl (C=O) groups excluding carboxylic acids is 1. The van der Waals surface area contributed by atoms with Crippen LogP contribution in [0.2, 0.25) is 0 Å². The van der Waals surface area contributed by atoms with Gasteiger partial charge in [-0.25, -0.2) is 4.98 Å². The summed E-state index contributed by atoms with van der Waals surface area (Å²) in [5.74, 6) is -0.435. The number of alkyl halides is 3. The van der Waals surface area contributed by atoms with E-state index in [1.807, 2.05) is 29.9 Å². The van der Waals surface area contributed by atoms with Crippen LogP contribution < -0.4 is 0 Å². The van der Waals surface area contributed by atoms with E-state index >= 15 is 0 Å². The molecule has 3 rings (SSSR count). The van der Waals surface area contributed by atoms with Gasteiger partial charge in [-0.2, -0.15) is 13.2 Å². The third-order valence-electron chi connectivity index (χ3n) is 3.80. The lowest BCUT2D eigenvalue weighted by atomic mass is 10.1. The standard InChI is InChI=1S/C14H14F3N3OS/c1-19-6-2-4-10(19)11-5-3-7-20(11)12(21)9-8-22-13(18-9)14(15,16)17/h2,4,6,8,11H,3,5,7H2,1H3. The van der Waals surface area contributed by atoms with Gasteiger partial charge in [0.15, 0.2) is 5.01 Å². The Morgan fingerprint density at radius 3 is 2.82 bits per heavy atom. The number of nitrogens with zero attached hydrogens (tertiary/aromatic N) is 3. The highest BCUT2D eigenvalue weighted by Gasteiger charge is 2.37. The Kier molecular flexibility index (Phi) is 3.72. The average molecular weight is 329 g/mol. The number of hydrogen-bond acceptors (Lipinski definition) is 3. The lowest BCUT2D eigenvalue weighted by Crippen LogP contribution is -2.31. The summed E-state index contributed by atoms with van der Waals surface area (Å²) in [4.78, 5) is 17.6. The second-order valence-corrected chi connectivity index (χ2v) is 6.09. The third kappa shape index (κ3) is 2.63. The van der Waals surface area contributed by atoms with E-state index in [0.29, 0.717) is 17.9 Å². The maximum atomic E-state index is 12.6. The molecule has 4 nitrogen and oxygen atoms in total. The second-order valence-electron chi connectivity index (χ2n) is 5.24. The van der Waals surface area contributed by atoms with Gasteiger partial charge >= 0.3 is 6.18 Å². The number of carbonyl (C=O) groups is 1. The van der Waals surface area contributed by atoms with E-state index < -0.39 is 17.1 Å². The molecule has 2 aromatic rings. The van der Waals surface area contributed by atoms with Gasteiger partial charge in [0.1, 0.15) is 5.69 Å². The first-order chi connectivity index (χ1) is 10.4. The molecule has 2 aromatic heterocycles. The molecule has 22 heavy (non-hydrogen) atoms. The summed E-state index contributed by atoms with van der Waals surface area (Å²) < 4.78 is 39.8. The van der Waals surface area contributed by atoms with Crippen LogP contribution >= 0.6 is 11.3 Å². The molecule has 0 radical (unpaired) electrons. The second kappa shape index (κ2) is 5.42. The fourth-order valence-corrected chi connectivity index (χ4v) is 3.45. The topological polar surface area (TPSA) is 38.1 Å². The van der Waals surface area contributed by atoms with Gasteiger partial charge in [-0.3, -0.25) is 4.79 Å². The molecule has 1 saturated heterocycles. The lowest BCUT2D eigenvalue weighted by Gasteiger charge is -2.24. The van der Waals surface area contributed by atoms with E-state index in [1.54, 1.807) is 4.90 Å². The van der Waals surface area contributed by atoms with Crippen LogP contribution in [-0.2, 0) is 13.2 Å². The maximum absolute atomic E-state index is 12.6. The Hall–Kier alpha value is -1.83. The molecule has 3 heterocycles. The van der Waals surface area contributed by atoms with Gasteiger partial charge in [0.2, 0.25) is 0 Å². The number of likely N-dealkylation sites (tertiary alicyclic amines) is 1. The van der Waals surface area contributed by atoms with Gasteiger partial charge < -0.3 is 9.47 Å². The predicted molar refractivity (Wildman–Crippen MR) is 75.5 cm³/mol. The van der Waals surface area contributed by atoms with Gasteiger partial charge in [0, 0.05) is 30.9 Å². The zero-order valence-electron chi connectivity index (χ0n) is 11.8. The molecular weight excluding hydrogens is 315 g/mol. The first-order valence-corrected chi connectivity index (χ1v) is 7.71. The first-order valence-electron chi connectivity index (χ1n) is 6.83. The van der Waals surface area contributed by atoms with E-state index in [0.717, 1.165) is 18.5 Å². The van der Waals surface area contributed by atoms with Crippen LogP contribution in [0.15, 0.2) is 23.7 Å². The van der Waals surface area contributed by atoms with Crippen molar-refractivity contribution in [1.82, 2.24) is 14.5 Å². The molecule has 0 aliphatic carbocycles. The number of aromatic nitrogens is 2. The molecule has 1 aliphatic heterocycles. The van der Waals surface area contributed by atoms with E-state index in [1.165, 1.54) is 5.38 Å². The number of hydrogen-bond donors (Lipinski definition) is 0. The molecule has 0 saturated carbocycles. The molecule has 1 unspecified atom stereocenters. The van der Waals surface area contributed by atoms with Gasteiger partial charge in [-0.15, -0.1) is 11.3 Å². The van der Waals surface area contributed by atoms with Crippen LogP contribution in [0.5, 0.6) is 0 Å². The molecule has 1 aliphatic rings. The molecule has 0 bridgehead atoms. The summed E-state index contributed by atoms with van der Waals surface area (Å²) in [6.07, 6.45) is -0.982. The highest BCUT2D eigenvalue weighted by molar-refractivity contribution is 7.09. The molecule has 0 N–H and O–H groups in total. The molecule has 0 aromatic carbocycles. The van der Waals surface area contributed by atoms with Crippen molar-refractivity contribution in [2.75, 3.05) is 6.54 Å². The lowest BCUT2D eigenvalue weighted by molar-refractivity contribution is -0.137. The summed E-state index contributed by atoms with van der Waals surface area (Å²) in [6, 6.07) is 3.71. The van der Waals surface area contributed by atoms with Gasteiger partial charge in [0.25, 0.3) is 5.91 Å². The molecule has 8 heteroatoms. The van der Waals surface area contributed by atoms with Crippen molar-refractivity contribution >= 4 is 17.2 Å². The monoisotopic (exact) mass is 329 g/mol. The first kappa shape index (κ1) is 15.1. The minimum Gasteiger partial charge on any atom is -0.353 e. The molecule has 1 fully saturated rings. The highest BCUT2D eigenvalue weighted by atomic mass is 32.1. The quantitative estimate of drug-likeness (QED) is 0.846. The van der Waals surface area contributed by atoms with Crippen LogP contribution in [0, 0.1) is 0 Å². The Balaban J connectivity index is 1.85. The number of rotatable bonds is 2. The summed E-state index contributed by atoms with van der Waals surface area (Å²) in [6.45, 7) is 0.535. The van der Waals surface area contributed by atoms with Gasteiger partial charge in [-0.1, -0.05) is 0 Å². The molecule has 1 amide bonds. The van der Waals surface area contributed by atoms with Crippen LogP contribution in [-0.4, -0.2) is 26.9 Å². The smallest absolute Gasteiger partial charge is 0.353 e. The van der Waals surface area contributed by atoms with Crippen molar-refractivity contribution in [1.29, 1.82) is 0 Å². The summed E-state index contributed by atoms with van der Waals surface area (Å²) >= 11 is 0.457. The van der Waals surface area contributed by atoms with Crippen molar-refractivity contribution in [2.45, 2.75) is 25.1 Å². The normalized spacial score (nSPS) is 18.9. The Bertz CT molecular complexity index is 692. The minimum atomic E-state index is -4.51. The van der Waals surface area contributed by atoms with Crippen molar-refractivity contribution in [3.8, 4) is 0 Å². The van der Waals surface area contributed by atoms with E-state index in [9.17, 15) is 18.0 Å². The largest absolute Gasteiger partial charge is 0.443 e. The number of thiazole rings is 1. The number of aryl methyl sites for hydroxylation is 1. The molecule has 1 atom stereocenters. The van der Waals surface area contributed by atoms with Crippen LogP contribution in [0.4, 0.5) is 13.2 Å². The van der Waals surface area contributed by atoms with Crippen molar-refractivity contribution in [3.05, 3.63) is 40.1 Å².